The molecule has 1 fully saturated rings. The molecule has 1 aromatic heterocycles. The number of aromatic nitrogens is 1. The maximum Gasteiger partial charge on any atom is 0.335 e. The molecule has 0 aliphatic carbocycles. The highest BCUT2D eigenvalue weighted by atomic mass is 16.5. The molecular weight excluding hydrogens is 326 g/mol. The number of carbonyl (C=O) groups is 2. The molecule has 0 spiro atoms. The number of hydrogen-bond acceptors (Lipinski definition) is 5. The Bertz CT molecular complexity index is 748. The molecule has 0 saturated carbocycles. The predicted octanol–water partition coefficient (Wildman–Crippen LogP) is 2.79. The molecule has 0 radical (unpaired) electrons. The SMILES string of the molecule is COc1cc(C2CCN(C(=O)Nc3ccc(C(=O)O)cc3)CC2)on1. The number of ether oxygens (including phenoxy) is 1. The predicted molar refractivity (Wildman–Crippen MR) is 89.0 cm³/mol. The van der Waals surface area contributed by atoms with Crippen molar-refractivity contribution in [3.8, 4) is 5.88 Å². The van der Waals surface area contributed by atoms with Gasteiger partial charge in [0, 0.05) is 30.8 Å². The minimum Gasteiger partial charge on any atom is -0.479 e. The molecule has 1 aliphatic rings. The molecule has 1 aliphatic heterocycles. The van der Waals surface area contributed by atoms with Crippen molar-refractivity contribution in [2.24, 2.45) is 0 Å². The number of amides is 2. The van der Waals surface area contributed by atoms with Crippen molar-refractivity contribution in [3.63, 3.8) is 0 Å². The van der Waals surface area contributed by atoms with Gasteiger partial charge in [0.25, 0.3) is 5.88 Å². The van der Waals surface area contributed by atoms with Crippen LogP contribution in [0.4, 0.5) is 10.5 Å². The van der Waals surface area contributed by atoms with Crippen molar-refractivity contribution >= 4 is 17.7 Å². The first-order valence-electron chi connectivity index (χ1n) is 7.96. The highest BCUT2D eigenvalue weighted by molar-refractivity contribution is 5.91. The van der Waals surface area contributed by atoms with Crippen LogP contribution in [-0.2, 0) is 0 Å². The van der Waals surface area contributed by atoms with Gasteiger partial charge in [-0.15, -0.1) is 0 Å². The first-order valence-corrected chi connectivity index (χ1v) is 7.96. The second kappa shape index (κ2) is 7.25. The summed E-state index contributed by atoms with van der Waals surface area (Å²) in [5.74, 6) is 0.459. The molecule has 0 atom stereocenters. The Morgan fingerprint density at radius 2 is 1.96 bits per heavy atom. The first kappa shape index (κ1) is 16.8. The minimum absolute atomic E-state index is 0.182. The van der Waals surface area contributed by atoms with Gasteiger partial charge < -0.3 is 24.6 Å². The molecule has 0 bridgehead atoms. The average molecular weight is 345 g/mol. The fraction of sp³-hybridized carbons (Fsp3) is 0.353. The second-order valence-electron chi connectivity index (χ2n) is 5.85. The van der Waals surface area contributed by atoms with E-state index in [2.05, 4.69) is 10.5 Å². The molecule has 2 heterocycles. The number of hydrogen-bond donors (Lipinski definition) is 2. The van der Waals surface area contributed by atoms with E-state index in [9.17, 15) is 9.59 Å². The number of nitrogens with zero attached hydrogens (tertiary/aromatic N) is 2. The summed E-state index contributed by atoms with van der Waals surface area (Å²) in [6, 6.07) is 7.66. The molecule has 8 heteroatoms. The number of carboxylic acid groups (broad SMARTS) is 1. The van der Waals surface area contributed by atoms with Crippen LogP contribution in [0.3, 0.4) is 0 Å². The van der Waals surface area contributed by atoms with Gasteiger partial charge in [-0.3, -0.25) is 0 Å². The van der Waals surface area contributed by atoms with Crippen LogP contribution >= 0.6 is 0 Å². The summed E-state index contributed by atoms with van der Waals surface area (Å²) >= 11 is 0. The van der Waals surface area contributed by atoms with Crippen LogP contribution in [0, 0.1) is 0 Å². The highest BCUT2D eigenvalue weighted by Gasteiger charge is 2.26. The van der Waals surface area contributed by atoms with Gasteiger partial charge in [-0.1, -0.05) is 0 Å². The van der Waals surface area contributed by atoms with Crippen LogP contribution in [0.25, 0.3) is 0 Å². The van der Waals surface area contributed by atoms with Crippen molar-refractivity contribution < 1.29 is 24.0 Å². The van der Waals surface area contributed by atoms with E-state index in [1.807, 2.05) is 0 Å². The summed E-state index contributed by atoms with van der Waals surface area (Å²) in [5.41, 5.74) is 0.749. The van der Waals surface area contributed by atoms with E-state index >= 15 is 0 Å². The van der Waals surface area contributed by atoms with Crippen LogP contribution in [0.1, 0.15) is 34.9 Å². The number of benzene rings is 1. The van der Waals surface area contributed by atoms with Crippen LogP contribution in [0.2, 0.25) is 0 Å². The summed E-state index contributed by atoms with van der Waals surface area (Å²) < 4.78 is 10.3. The largest absolute Gasteiger partial charge is 0.479 e. The zero-order valence-corrected chi connectivity index (χ0v) is 13.8. The minimum atomic E-state index is -0.996. The third-order valence-electron chi connectivity index (χ3n) is 4.28. The lowest BCUT2D eigenvalue weighted by atomic mass is 9.94. The van der Waals surface area contributed by atoms with Crippen molar-refractivity contribution in [2.75, 3.05) is 25.5 Å². The zero-order valence-electron chi connectivity index (χ0n) is 13.8. The summed E-state index contributed by atoms with van der Waals surface area (Å²) in [6.07, 6.45) is 1.56. The molecule has 2 amide bonds. The van der Waals surface area contributed by atoms with E-state index in [1.54, 1.807) is 23.1 Å². The summed E-state index contributed by atoms with van der Waals surface area (Å²) in [6.45, 7) is 1.21. The Kier molecular flexibility index (Phi) is 4.87. The molecule has 25 heavy (non-hydrogen) atoms. The van der Waals surface area contributed by atoms with Crippen molar-refractivity contribution in [3.05, 3.63) is 41.7 Å². The number of urea groups is 1. The lowest BCUT2D eigenvalue weighted by Crippen LogP contribution is -2.40. The van der Waals surface area contributed by atoms with E-state index in [0.29, 0.717) is 24.7 Å². The van der Waals surface area contributed by atoms with Gasteiger partial charge in [-0.25, -0.2) is 9.59 Å². The van der Waals surface area contributed by atoms with Crippen molar-refractivity contribution in [1.29, 1.82) is 0 Å². The molecule has 1 aromatic carbocycles. The quantitative estimate of drug-likeness (QED) is 0.883. The van der Waals surface area contributed by atoms with Gasteiger partial charge in [0.2, 0.25) is 0 Å². The zero-order chi connectivity index (χ0) is 17.8. The molecule has 0 unspecified atom stereocenters. The third kappa shape index (κ3) is 3.90. The smallest absolute Gasteiger partial charge is 0.335 e. The summed E-state index contributed by atoms with van der Waals surface area (Å²) in [5, 5.41) is 15.5. The normalized spacial score (nSPS) is 15.0. The third-order valence-corrected chi connectivity index (χ3v) is 4.28. The topological polar surface area (TPSA) is 105 Å². The lowest BCUT2D eigenvalue weighted by Gasteiger charge is -2.30. The molecule has 2 N–H and O–H groups in total. The first-order chi connectivity index (χ1) is 12.1. The van der Waals surface area contributed by atoms with Crippen LogP contribution in [-0.4, -0.2) is 47.4 Å². The molecule has 3 rings (SSSR count). The fourth-order valence-electron chi connectivity index (χ4n) is 2.83. The van der Waals surface area contributed by atoms with Crippen molar-refractivity contribution in [1.82, 2.24) is 10.1 Å². The van der Waals surface area contributed by atoms with E-state index in [0.717, 1.165) is 18.6 Å². The average Bonchev–Trinajstić information content (AvgIpc) is 3.11. The Hall–Kier alpha value is -3.03. The van der Waals surface area contributed by atoms with Gasteiger partial charge in [0.15, 0.2) is 0 Å². The van der Waals surface area contributed by atoms with Gasteiger partial charge in [-0.2, -0.15) is 0 Å². The van der Waals surface area contributed by atoms with Gasteiger partial charge in [0.05, 0.1) is 12.7 Å². The maximum absolute atomic E-state index is 12.3. The number of nitrogens with one attached hydrogen (secondary N) is 1. The number of carboxylic acids is 1. The highest BCUT2D eigenvalue weighted by Crippen LogP contribution is 2.30. The van der Waals surface area contributed by atoms with E-state index in [1.165, 1.54) is 19.2 Å². The number of methoxy groups -OCH3 is 1. The molecule has 2 aromatic rings. The molecular formula is C17H19N3O5. The number of rotatable bonds is 4. The lowest BCUT2D eigenvalue weighted by molar-refractivity contribution is 0.0697. The number of anilines is 1. The van der Waals surface area contributed by atoms with Crippen LogP contribution < -0.4 is 10.1 Å². The Balaban J connectivity index is 1.53. The van der Waals surface area contributed by atoms with Crippen LogP contribution in [0.15, 0.2) is 34.9 Å². The summed E-state index contributed by atoms with van der Waals surface area (Å²) in [7, 11) is 1.54. The van der Waals surface area contributed by atoms with E-state index in [4.69, 9.17) is 14.4 Å². The Labute approximate surface area is 144 Å². The number of likely N-dealkylation sites (tertiary alicyclic amines) is 1. The van der Waals surface area contributed by atoms with Gasteiger partial charge in [0.1, 0.15) is 5.76 Å². The Morgan fingerprint density at radius 3 is 2.52 bits per heavy atom. The number of carbonyl (C=O) groups excluding carboxylic acids is 1. The second-order valence-corrected chi connectivity index (χ2v) is 5.85. The number of piperidine rings is 1. The molecule has 132 valence electrons. The van der Waals surface area contributed by atoms with Crippen molar-refractivity contribution in [2.45, 2.75) is 18.8 Å². The van der Waals surface area contributed by atoms with Gasteiger partial charge >= 0.3 is 12.0 Å². The van der Waals surface area contributed by atoms with E-state index in [-0.39, 0.29) is 17.5 Å². The van der Waals surface area contributed by atoms with Crippen LogP contribution in [0.5, 0.6) is 5.88 Å². The molecule has 8 nitrogen and oxygen atoms in total. The Morgan fingerprint density at radius 1 is 1.28 bits per heavy atom. The fourth-order valence-corrected chi connectivity index (χ4v) is 2.83. The van der Waals surface area contributed by atoms with Gasteiger partial charge in [-0.05, 0) is 42.3 Å². The maximum atomic E-state index is 12.3. The molecule has 1 saturated heterocycles. The standard InChI is InChI=1S/C17H19N3O5/c1-24-15-10-14(25-19-15)11-6-8-20(9-7-11)17(23)18-13-4-2-12(3-5-13)16(21)22/h2-5,10-11H,6-9H2,1H3,(H,18,23)(H,21,22). The van der Waals surface area contributed by atoms with E-state index < -0.39 is 5.97 Å². The monoisotopic (exact) mass is 345 g/mol. The number of aromatic carboxylic acids is 1. The summed E-state index contributed by atoms with van der Waals surface area (Å²) in [4.78, 5) is 24.9.